The van der Waals surface area contributed by atoms with E-state index < -0.39 is 0 Å². The summed E-state index contributed by atoms with van der Waals surface area (Å²) in [5.41, 5.74) is 0. The normalized spacial score (nSPS) is 16.2. The van der Waals surface area contributed by atoms with Gasteiger partial charge in [0.05, 0.1) is 0 Å². The van der Waals surface area contributed by atoms with Crippen molar-refractivity contribution in [1.29, 1.82) is 0 Å². The molecule has 0 aromatic heterocycles. The van der Waals surface area contributed by atoms with Gasteiger partial charge in [-0.1, -0.05) is 0 Å². The van der Waals surface area contributed by atoms with Crippen molar-refractivity contribution in [2.45, 2.75) is 0 Å². The Balaban J connectivity index is 2.38. The predicted octanol–water partition coefficient (Wildman–Crippen LogP) is -0.534. The van der Waals surface area contributed by atoms with Crippen molar-refractivity contribution in [3.05, 3.63) is 12.2 Å². The minimum atomic E-state index is 0.874. The molecular weight excluding hydrogens is 246 g/mol. The Labute approximate surface area is 71.0 Å². The molecule has 0 saturated heterocycles. The quantitative estimate of drug-likeness (QED) is 0.348. The van der Waals surface area contributed by atoms with Gasteiger partial charge < -0.3 is 0 Å². The van der Waals surface area contributed by atoms with Gasteiger partial charge in [-0.05, 0) is 0 Å². The van der Waals surface area contributed by atoms with Crippen LogP contribution in [0.1, 0.15) is 0 Å². The zero-order valence-corrected chi connectivity index (χ0v) is 8.21. The summed E-state index contributed by atoms with van der Waals surface area (Å²) in [5.74, 6) is 0. The van der Waals surface area contributed by atoms with E-state index in [2.05, 4.69) is 49.3 Å². The van der Waals surface area contributed by atoms with Gasteiger partial charge >= 0.3 is 70.9 Å². The minimum absolute atomic E-state index is 0.874. The van der Waals surface area contributed by atoms with Crippen LogP contribution >= 0.6 is 0 Å². The Hall–Kier alpha value is 0.249. The molecule has 0 amide bonds. The third-order valence-corrected chi connectivity index (χ3v) is 1.36. The molecule has 0 saturated carbocycles. The van der Waals surface area contributed by atoms with Crippen LogP contribution < -0.4 is 0 Å². The molecule has 0 unspecified atom stereocenters. The maximum atomic E-state index is 4.15. The van der Waals surface area contributed by atoms with E-state index in [1.165, 1.54) is 0 Å². The summed E-state index contributed by atoms with van der Waals surface area (Å²) < 4.78 is 0.874. The Morgan fingerprint density at radius 1 is 1.33 bits per heavy atom. The van der Waals surface area contributed by atoms with Crippen LogP contribution in [0.4, 0.5) is 0 Å². The van der Waals surface area contributed by atoms with E-state index in [9.17, 15) is 0 Å². The molecule has 1 aliphatic rings. The van der Waals surface area contributed by atoms with Crippen LogP contribution in [0.15, 0.2) is 17.3 Å². The zero-order chi connectivity index (χ0) is 6.69. The molecule has 48 valence electrons. The van der Waals surface area contributed by atoms with Gasteiger partial charge in [0, 0.05) is 0 Å². The van der Waals surface area contributed by atoms with E-state index in [0.29, 0.717) is 0 Å². The van der Waals surface area contributed by atoms with Crippen LogP contribution in [0.3, 0.4) is 0 Å². The van der Waals surface area contributed by atoms with Crippen LogP contribution in [0.2, 0.25) is 0 Å². The van der Waals surface area contributed by atoms with Crippen molar-refractivity contribution in [2.24, 2.45) is 5.10 Å². The Bertz CT molecular complexity index is 141. The Morgan fingerprint density at radius 2 is 1.89 bits per heavy atom. The molecule has 0 spiro atoms. The number of hydrazone groups is 1. The maximum absolute atomic E-state index is 4.15. The first-order valence-electron chi connectivity index (χ1n) is 2.61. The van der Waals surface area contributed by atoms with Crippen molar-refractivity contribution in [3.8, 4) is 0 Å². The molecule has 1 rings (SSSR count). The van der Waals surface area contributed by atoms with Gasteiger partial charge in [0.15, 0.2) is 0 Å². The number of rotatable bonds is 1. The summed E-state index contributed by atoms with van der Waals surface area (Å²) in [7, 11) is 0. The van der Waals surface area contributed by atoms with Gasteiger partial charge in [-0.2, -0.15) is 0 Å². The third kappa shape index (κ3) is 2.55. The molecule has 9 heavy (non-hydrogen) atoms. The van der Waals surface area contributed by atoms with E-state index in [-0.39, 0.29) is 0 Å². The molecule has 4 heteroatoms. The van der Waals surface area contributed by atoms with Crippen LogP contribution in [0.25, 0.3) is 0 Å². The fourth-order valence-corrected chi connectivity index (χ4v) is 1.15. The monoisotopic (exact) mass is 254 g/mol. The average Bonchev–Trinajstić information content (AvgIpc) is 2.15. The SMILES string of the molecule is [Se]C([Se])=NN1CC=CC1. The third-order valence-electron chi connectivity index (χ3n) is 1.02. The molecule has 0 atom stereocenters. The summed E-state index contributed by atoms with van der Waals surface area (Å²) in [6.07, 6.45) is 4.21. The fraction of sp³-hybridized carbons (Fsp3) is 0.400. The molecule has 0 aromatic carbocycles. The molecule has 1 heterocycles. The van der Waals surface area contributed by atoms with Gasteiger partial charge in [0.25, 0.3) is 0 Å². The first-order chi connectivity index (χ1) is 4.29. The average molecular weight is 252 g/mol. The first-order valence-corrected chi connectivity index (χ1v) is 4.33. The van der Waals surface area contributed by atoms with E-state index in [4.69, 9.17) is 0 Å². The molecule has 0 fully saturated rings. The molecule has 2 nitrogen and oxygen atoms in total. The van der Waals surface area contributed by atoms with E-state index in [1.54, 1.807) is 0 Å². The number of hydrogen-bond acceptors (Lipinski definition) is 2. The molecule has 0 N–H and O–H groups in total. The predicted molar refractivity (Wildman–Crippen MR) is 39.7 cm³/mol. The van der Waals surface area contributed by atoms with Gasteiger partial charge in [0.1, 0.15) is 0 Å². The van der Waals surface area contributed by atoms with Crippen LogP contribution in [0.5, 0.6) is 0 Å². The second kappa shape index (κ2) is 3.43. The van der Waals surface area contributed by atoms with Gasteiger partial charge in [0.2, 0.25) is 0 Å². The molecular formula is C5H6N2Se2. The summed E-state index contributed by atoms with van der Waals surface area (Å²) in [6.45, 7) is 1.87. The van der Waals surface area contributed by atoms with Crippen molar-refractivity contribution in [1.82, 2.24) is 5.01 Å². The molecule has 1 aliphatic heterocycles. The summed E-state index contributed by atoms with van der Waals surface area (Å²) in [5, 5.41) is 6.13. The van der Waals surface area contributed by atoms with E-state index >= 15 is 0 Å². The van der Waals surface area contributed by atoms with Crippen molar-refractivity contribution < 1.29 is 0 Å². The second-order valence-corrected chi connectivity index (χ2v) is 4.64. The fourth-order valence-electron chi connectivity index (χ4n) is 0.664. The van der Waals surface area contributed by atoms with Gasteiger partial charge in [-0.25, -0.2) is 0 Å². The molecule has 0 aliphatic carbocycles. The standard InChI is InChI=1S/C5H6N2Se2/c8-5(9)6-7-3-1-2-4-7/h1-2H,3-4H2. The molecule has 0 bridgehead atoms. The van der Waals surface area contributed by atoms with Gasteiger partial charge in [-0.15, -0.1) is 0 Å². The van der Waals surface area contributed by atoms with Crippen LogP contribution in [-0.4, -0.2) is 53.6 Å². The van der Waals surface area contributed by atoms with E-state index in [0.717, 1.165) is 16.6 Å². The summed E-state index contributed by atoms with van der Waals surface area (Å²) in [6, 6.07) is 0. The second-order valence-electron chi connectivity index (χ2n) is 1.71. The molecule has 2 radical (unpaired) electrons. The number of nitrogens with zero attached hydrogens (tertiary/aromatic N) is 2. The van der Waals surface area contributed by atoms with Crippen molar-refractivity contribution >= 4 is 35.5 Å². The summed E-state index contributed by atoms with van der Waals surface area (Å²) >= 11 is 5.58. The van der Waals surface area contributed by atoms with Crippen molar-refractivity contribution in [2.75, 3.05) is 13.1 Å². The first kappa shape index (κ1) is 7.36. The Kier molecular flexibility index (Phi) is 2.80. The molecule has 0 aromatic rings. The van der Waals surface area contributed by atoms with Crippen LogP contribution in [0, 0.1) is 0 Å². The Morgan fingerprint density at radius 3 is 2.33 bits per heavy atom. The topological polar surface area (TPSA) is 15.6 Å². The zero-order valence-electron chi connectivity index (χ0n) is 4.78. The van der Waals surface area contributed by atoms with Gasteiger partial charge in [-0.3, -0.25) is 0 Å². The number of hydrogen-bond donors (Lipinski definition) is 0. The summed E-state index contributed by atoms with van der Waals surface area (Å²) in [4.78, 5) is 0. The van der Waals surface area contributed by atoms with Crippen LogP contribution in [-0.2, 0) is 0 Å². The van der Waals surface area contributed by atoms with E-state index in [1.807, 2.05) is 5.01 Å². The van der Waals surface area contributed by atoms with Crippen molar-refractivity contribution in [3.63, 3.8) is 0 Å².